The first-order chi connectivity index (χ1) is 9.06. The van der Waals surface area contributed by atoms with Crippen molar-refractivity contribution in [1.29, 1.82) is 0 Å². The largest absolute Gasteiger partial charge is 0.303 e. The van der Waals surface area contributed by atoms with Crippen molar-refractivity contribution in [2.75, 3.05) is 27.2 Å². The number of likely N-dealkylation sites (tertiary alicyclic amines) is 1. The highest BCUT2D eigenvalue weighted by Crippen LogP contribution is 2.21. The number of hydrogen-bond donors (Lipinski definition) is 0. The van der Waals surface area contributed by atoms with Gasteiger partial charge in [0.05, 0.1) is 0 Å². The number of hydrazone groups is 1. The summed E-state index contributed by atoms with van der Waals surface area (Å²) in [5, 5.41) is 6.59. The summed E-state index contributed by atoms with van der Waals surface area (Å²) in [7, 11) is 4.01. The summed E-state index contributed by atoms with van der Waals surface area (Å²) in [5.41, 5.74) is 2.74. The Balaban J connectivity index is 2.01. The van der Waals surface area contributed by atoms with Crippen molar-refractivity contribution in [2.45, 2.75) is 20.4 Å². The summed E-state index contributed by atoms with van der Waals surface area (Å²) in [6.45, 7) is 7.83. The predicted octanol–water partition coefficient (Wildman–Crippen LogP) is 2.69. The Hall–Kier alpha value is -1.35. The summed E-state index contributed by atoms with van der Waals surface area (Å²) >= 11 is 0. The molecule has 3 nitrogen and oxygen atoms in total. The lowest BCUT2D eigenvalue weighted by Crippen LogP contribution is -2.45. The molecule has 0 amide bonds. The number of rotatable bonds is 3. The molecule has 0 N–H and O–H groups in total. The van der Waals surface area contributed by atoms with Crippen LogP contribution in [0.2, 0.25) is 0 Å². The molecular weight excluding hydrogens is 234 g/mol. The highest BCUT2D eigenvalue weighted by Gasteiger charge is 2.28. The third kappa shape index (κ3) is 3.80. The summed E-state index contributed by atoms with van der Waals surface area (Å²) in [6.07, 6.45) is 0. The fraction of sp³-hybridized carbons (Fsp3) is 0.562. The first-order valence-corrected chi connectivity index (χ1v) is 7.08. The Labute approximate surface area is 116 Å². The monoisotopic (exact) mass is 259 g/mol. The van der Waals surface area contributed by atoms with Gasteiger partial charge in [-0.05, 0) is 5.56 Å². The van der Waals surface area contributed by atoms with E-state index in [0.717, 1.165) is 19.6 Å². The van der Waals surface area contributed by atoms with E-state index in [9.17, 15) is 0 Å². The van der Waals surface area contributed by atoms with Crippen LogP contribution < -0.4 is 0 Å². The van der Waals surface area contributed by atoms with Gasteiger partial charge in [-0.25, -0.2) is 0 Å². The van der Waals surface area contributed by atoms with Gasteiger partial charge in [-0.3, -0.25) is 4.90 Å². The maximum Gasteiger partial charge on any atom is 0.0462 e. The van der Waals surface area contributed by atoms with Gasteiger partial charge in [-0.2, -0.15) is 5.10 Å². The van der Waals surface area contributed by atoms with Gasteiger partial charge in [-0.1, -0.05) is 44.2 Å². The van der Waals surface area contributed by atoms with Gasteiger partial charge in [0.25, 0.3) is 0 Å². The smallest absolute Gasteiger partial charge is 0.0462 e. The van der Waals surface area contributed by atoms with Crippen LogP contribution in [0.25, 0.3) is 0 Å². The predicted molar refractivity (Wildman–Crippen MR) is 81.2 cm³/mol. The molecule has 1 fully saturated rings. The van der Waals surface area contributed by atoms with Crippen LogP contribution in [0, 0.1) is 11.8 Å². The molecule has 0 radical (unpaired) electrons. The molecule has 0 aliphatic carbocycles. The zero-order valence-electron chi connectivity index (χ0n) is 12.5. The molecule has 3 heteroatoms. The Morgan fingerprint density at radius 1 is 1.11 bits per heavy atom. The first kappa shape index (κ1) is 14.1. The Bertz CT molecular complexity index is 411. The molecule has 0 unspecified atom stereocenters. The van der Waals surface area contributed by atoms with Crippen LogP contribution in [-0.2, 0) is 6.54 Å². The van der Waals surface area contributed by atoms with E-state index in [0.29, 0.717) is 11.8 Å². The van der Waals surface area contributed by atoms with E-state index in [1.54, 1.807) is 0 Å². The topological polar surface area (TPSA) is 18.8 Å². The second kappa shape index (κ2) is 6.20. The Morgan fingerprint density at radius 3 is 2.21 bits per heavy atom. The molecule has 1 saturated heterocycles. The zero-order chi connectivity index (χ0) is 13.8. The summed E-state index contributed by atoms with van der Waals surface area (Å²) in [4.78, 5) is 2.54. The molecule has 1 aliphatic heterocycles. The molecule has 0 spiro atoms. The molecular formula is C16H25N3. The van der Waals surface area contributed by atoms with Gasteiger partial charge in [0.1, 0.15) is 0 Å². The molecule has 104 valence electrons. The molecule has 1 aliphatic rings. The van der Waals surface area contributed by atoms with E-state index >= 15 is 0 Å². The van der Waals surface area contributed by atoms with E-state index in [2.05, 4.69) is 54.2 Å². The number of hydrogen-bond acceptors (Lipinski definition) is 3. The highest BCUT2D eigenvalue weighted by atomic mass is 15.4. The average Bonchev–Trinajstić information content (AvgIpc) is 2.35. The second-order valence-corrected chi connectivity index (χ2v) is 5.85. The van der Waals surface area contributed by atoms with Crippen molar-refractivity contribution in [3.05, 3.63) is 35.9 Å². The van der Waals surface area contributed by atoms with Crippen LogP contribution in [0.15, 0.2) is 35.4 Å². The van der Waals surface area contributed by atoms with Crippen LogP contribution in [0.1, 0.15) is 19.4 Å². The van der Waals surface area contributed by atoms with Gasteiger partial charge in [0.2, 0.25) is 0 Å². The van der Waals surface area contributed by atoms with Crippen LogP contribution in [0.5, 0.6) is 0 Å². The lowest BCUT2D eigenvalue weighted by atomic mass is 9.89. The van der Waals surface area contributed by atoms with Gasteiger partial charge in [0, 0.05) is 51.3 Å². The van der Waals surface area contributed by atoms with E-state index in [1.807, 2.05) is 19.1 Å². The van der Waals surface area contributed by atoms with Crippen molar-refractivity contribution in [3.8, 4) is 0 Å². The highest BCUT2D eigenvalue weighted by molar-refractivity contribution is 5.89. The molecule has 2 rings (SSSR count). The molecule has 0 aromatic heterocycles. The molecule has 0 bridgehead atoms. The normalized spacial score (nSPS) is 26.6. The maximum absolute atomic E-state index is 4.66. The van der Waals surface area contributed by atoms with E-state index in [4.69, 9.17) is 0 Å². The van der Waals surface area contributed by atoms with Gasteiger partial charge < -0.3 is 5.01 Å². The molecule has 1 heterocycles. The minimum Gasteiger partial charge on any atom is -0.303 e. The lowest BCUT2D eigenvalue weighted by Gasteiger charge is -2.36. The van der Waals surface area contributed by atoms with Crippen molar-refractivity contribution in [1.82, 2.24) is 9.91 Å². The third-order valence-electron chi connectivity index (χ3n) is 3.64. The summed E-state index contributed by atoms with van der Waals surface area (Å²) in [6, 6.07) is 10.7. The minimum absolute atomic E-state index is 0.537. The second-order valence-electron chi connectivity index (χ2n) is 5.85. The quantitative estimate of drug-likeness (QED) is 0.777. The Morgan fingerprint density at radius 2 is 1.68 bits per heavy atom. The third-order valence-corrected chi connectivity index (χ3v) is 3.64. The van der Waals surface area contributed by atoms with Crippen molar-refractivity contribution in [2.24, 2.45) is 16.9 Å². The SMILES string of the molecule is C[C@@H]1CN(Cc2ccccc2)C[C@H](C)/C1=N/N(C)C. The fourth-order valence-electron chi connectivity index (χ4n) is 2.92. The van der Waals surface area contributed by atoms with Crippen LogP contribution in [-0.4, -0.2) is 42.8 Å². The van der Waals surface area contributed by atoms with Crippen LogP contribution in [0.3, 0.4) is 0 Å². The summed E-state index contributed by atoms with van der Waals surface area (Å²) in [5.74, 6) is 1.07. The molecule has 2 atom stereocenters. The molecule has 0 saturated carbocycles. The van der Waals surface area contributed by atoms with Crippen LogP contribution in [0.4, 0.5) is 0 Å². The summed E-state index contributed by atoms with van der Waals surface area (Å²) < 4.78 is 0. The Kier molecular flexibility index (Phi) is 4.59. The maximum atomic E-state index is 4.66. The van der Waals surface area contributed by atoms with Crippen molar-refractivity contribution < 1.29 is 0 Å². The van der Waals surface area contributed by atoms with E-state index < -0.39 is 0 Å². The fourth-order valence-corrected chi connectivity index (χ4v) is 2.92. The van der Waals surface area contributed by atoms with Gasteiger partial charge in [-0.15, -0.1) is 0 Å². The minimum atomic E-state index is 0.537. The molecule has 1 aromatic rings. The average molecular weight is 259 g/mol. The number of piperidine rings is 1. The zero-order valence-corrected chi connectivity index (χ0v) is 12.5. The lowest BCUT2D eigenvalue weighted by molar-refractivity contribution is 0.207. The van der Waals surface area contributed by atoms with Crippen molar-refractivity contribution >= 4 is 5.71 Å². The van der Waals surface area contributed by atoms with Gasteiger partial charge in [0.15, 0.2) is 0 Å². The number of nitrogens with zero attached hydrogens (tertiary/aromatic N) is 3. The standard InChI is InChI=1S/C16H25N3/c1-13-10-19(12-15-8-6-5-7-9-15)11-14(2)16(13)17-18(3)4/h5-9,13-14H,10-12H2,1-4H3/b17-16-/t13-,14+/m0/s1. The van der Waals surface area contributed by atoms with Gasteiger partial charge >= 0.3 is 0 Å². The molecule has 19 heavy (non-hydrogen) atoms. The van der Waals surface area contributed by atoms with Crippen LogP contribution >= 0.6 is 0 Å². The molecule has 1 aromatic carbocycles. The van der Waals surface area contributed by atoms with Crippen molar-refractivity contribution in [3.63, 3.8) is 0 Å². The van der Waals surface area contributed by atoms with E-state index in [1.165, 1.54) is 11.3 Å². The van der Waals surface area contributed by atoms with E-state index in [-0.39, 0.29) is 0 Å². The number of benzene rings is 1. The first-order valence-electron chi connectivity index (χ1n) is 7.08.